The van der Waals surface area contributed by atoms with Gasteiger partial charge in [0.1, 0.15) is 0 Å². The summed E-state index contributed by atoms with van der Waals surface area (Å²) < 4.78 is 150. The summed E-state index contributed by atoms with van der Waals surface area (Å²) in [6.45, 7) is -0.579. The molecule has 3 N–H and O–H groups in total. The Labute approximate surface area is 264 Å². The fourth-order valence-electron chi connectivity index (χ4n) is 4.13. The van der Waals surface area contributed by atoms with E-state index in [-0.39, 0.29) is 17.2 Å². The van der Waals surface area contributed by atoms with Crippen molar-refractivity contribution in [1.82, 2.24) is 0 Å². The molecule has 0 atom stereocenters. The molecule has 3 amide bonds. The smallest absolute Gasteiger partial charge is 0.370 e. The monoisotopic (exact) mass is 744 g/mol. The summed E-state index contributed by atoms with van der Waals surface area (Å²) >= 11 is 2.34. The third-order valence-corrected chi connectivity index (χ3v) is 7.04. The van der Waals surface area contributed by atoms with Crippen molar-refractivity contribution in [2.24, 2.45) is 5.73 Å². The maximum atomic E-state index is 15.8. The SMILES string of the molecule is N#Cc1ccc(C(=O)N(CCC(N)=O)c2cccc(C(=O)Nc3c(Br)cc(C(F)(C(F)(F)F)C(F)(F)F)cc3C(F)(F)F)c2F)cc1. The van der Waals surface area contributed by atoms with Gasteiger partial charge in [-0.25, -0.2) is 8.78 Å². The van der Waals surface area contributed by atoms with E-state index in [9.17, 15) is 58.3 Å². The van der Waals surface area contributed by atoms with Crippen LogP contribution in [-0.2, 0) is 16.6 Å². The molecule has 0 aliphatic heterocycles. The number of nitrogens with one attached hydrogen (secondary N) is 1. The molecule has 0 unspecified atom stereocenters. The lowest BCUT2D eigenvalue weighted by Gasteiger charge is -2.31. The van der Waals surface area contributed by atoms with Crippen LogP contribution in [0.5, 0.6) is 0 Å². The van der Waals surface area contributed by atoms with Gasteiger partial charge in [0, 0.05) is 28.6 Å². The Morgan fingerprint density at radius 2 is 1.47 bits per heavy atom. The zero-order valence-electron chi connectivity index (χ0n) is 22.8. The van der Waals surface area contributed by atoms with Crippen LogP contribution in [0.1, 0.15) is 43.8 Å². The van der Waals surface area contributed by atoms with Crippen molar-refractivity contribution in [1.29, 1.82) is 5.26 Å². The van der Waals surface area contributed by atoms with E-state index >= 15 is 4.39 Å². The maximum absolute atomic E-state index is 15.8. The summed E-state index contributed by atoms with van der Waals surface area (Å²) in [4.78, 5) is 38.4. The van der Waals surface area contributed by atoms with E-state index in [4.69, 9.17) is 11.0 Å². The first-order chi connectivity index (χ1) is 21.5. The van der Waals surface area contributed by atoms with Gasteiger partial charge < -0.3 is 16.0 Å². The van der Waals surface area contributed by atoms with Gasteiger partial charge in [-0.15, -0.1) is 0 Å². The molecule has 0 aliphatic rings. The number of halogens is 12. The summed E-state index contributed by atoms with van der Waals surface area (Å²) in [7, 11) is 0. The van der Waals surface area contributed by atoms with Gasteiger partial charge in [0.25, 0.3) is 11.8 Å². The normalized spacial score (nSPS) is 12.3. The number of primary amides is 1. The summed E-state index contributed by atoms with van der Waals surface area (Å²) in [6.07, 6.45) is -19.9. The number of anilines is 2. The van der Waals surface area contributed by atoms with Crippen molar-refractivity contribution >= 4 is 45.0 Å². The maximum Gasteiger partial charge on any atom is 0.435 e. The Kier molecular flexibility index (Phi) is 10.3. The minimum Gasteiger partial charge on any atom is -0.370 e. The molecule has 0 fully saturated rings. The van der Waals surface area contributed by atoms with Gasteiger partial charge in [0.15, 0.2) is 5.82 Å². The molecular weight excluding hydrogens is 729 g/mol. The van der Waals surface area contributed by atoms with Crippen molar-refractivity contribution in [2.75, 3.05) is 16.8 Å². The molecule has 3 aromatic carbocycles. The minimum atomic E-state index is -6.77. The van der Waals surface area contributed by atoms with Crippen LogP contribution in [0.4, 0.5) is 59.7 Å². The lowest BCUT2D eigenvalue weighted by atomic mass is 9.92. The highest BCUT2D eigenvalue weighted by molar-refractivity contribution is 9.10. The third kappa shape index (κ3) is 7.48. The van der Waals surface area contributed by atoms with Crippen molar-refractivity contribution in [3.63, 3.8) is 0 Å². The van der Waals surface area contributed by atoms with Gasteiger partial charge in [-0.3, -0.25) is 14.4 Å². The lowest BCUT2D eigenvalue weighted by Crippen LogP contribution is -2.50. The largest absolute Gasteiger partial charge is 0.435 e. The van der Waals surface area contributed by atoms with Crippen LogP contribution in [0.25, 0.3) is 0 Å². The Bertz CT molecular complexity index is 1730. The molecule has 0 aliphatic carbocycles. The molecule has 19 heteroatoms. The molecule has 0 radical (unpaired) electrons. The van der Waals surface area contributed by atoms with Crippen molar-refractivity contribution < 1.29 is 62.7 Å². The molecule has 7 nitrogen and oxygen atoms in total. The summed E-state index contributed by atoms with van der Waals surface area (Å²) in [5, 5.41) is 10.5. The molecule has 0 saturated carbocycles. The number of rotatable bonds is 8. The molecule has 0 bridgehead atoms. The van der Waals surface area contributed by atoms with E-state index < -0.39 is 99.3 Å². The number of hydrogen-bond donors (Lipinski definition) is 2. The summed E-state index contributed by atoms with van der Waals surface area (Å²) in [5.74, 6) is -5.22. The molecule has 250 valence electrons. The van der Waals surface area contributed by atoms with E-state index in [1.54, 1.807) is 11.4 Å². The van der Waals surface area contributed by atoms with Crippen LogP contribution in [0.2, 0.25) is 0 Å². The number of carbonyl (C=O) groups excluding carboxylic acids is 3. The Hall–Kier alpha value is -4.73. The number of alkyl halides is 10. The van der Waals surface area contributed by atoms with E-state index in [1.807, 2.05) is 0 Å². The van der Waals surface area contributed by atoms with Gasteiger partial charge in [-0.1, -0.05) is 6.07 Å². The van der Waals surface area contributed by atoms with E-state index in [0.29, 0.717) is 11.0 Å². The van der Waals surface area contributed by atoms with Gasteiger partial charge in [0.2, 0.25) is 5.91 Å². The topological polar surface area (TPSA) is 116 Å². The Morgan fingerprint density at radius 1 is 0.894 bits per heavy atom. The van der Waals surface area contributed by atoms with Crippen LogP contribution < -0.4 is 16.0 Å². The molecule has 0 spiro atoms. The molecule has 47 heavy (non-hydrogen) atoms. The number of nitriles is 1. The predicted molar refractivity (Wildman–Crippen MR) is 145 cm³/mol. The fourth-order valence-corrected chi connectivity index (χ4v) is 4.68. The van der Waals surface area contributed by atoms with Crippen LogP contribution in [0.3, 0.4) is 0 Å². The third-order valence-electron chi connectivity index (χ3n) is 6.41. The number of hydrogen-bond acceptors (Lipinski definition) is 4. The van der Waals surface area contributed by atoms with Crippen molar-refractivity contribution in [3.05, 3.63) is 92.7 Å². The van der Waals surface area contributed by atoms with Gasteiger partial charge in [0.05, 0.1) is 34.1 Å². The van der Waals surface area contributed by atoms with Crippen molar-refractivity contribution in [2.45, 2.75) is 30.6 Å². The zero-order valence-corrected chi connectivity index (χ0v) is 24.4. The second kappa shape index (κ2) is 13.2. The average Bonchev–Trinajstić information content (AvgIpc) is 2.96. The highest BCUT2D eigenvalue weighted by Crippen LogP contribution is 2.55. The Balaban J connectivity index is 2.13. The standard InChI is InChI=1S/C28H16BrF11N4O3/c29-18-11-15(25(31,27(35,36)37)28(38,39)40)10-17(26(32,33)34)22(18)43-23(46)16-2-1-3-19(21(16)30)44(9-8-20(42)45)24(47)14-6-4-13(12-41)5-7-14/h1-7,10-11H,8-9H2,(H2,42,45)(H,43,46). The summed E-state index contributed by atoms with van der Waals surface area (Å²) in [6, 6.07) is 8.16. The molecular formula is C28H16BrF11N4O3. The van der Waals surface area contributed by atoms with E-state index in [2.05, 4.69) is 15.9 Å². The first kappa shape index (κ1) is 36.7. The molecule has 3 aromatic rings. The number of amides is 3. The molecule has 0 aromatic heterocycles. The predicted octanol–water partition coefficient (Wildman–Crippen LogP) is 7.54. The lowest BCUT2D eigenvalue weighted by molar-refractivity contribution is -0.348. The zero-order chi connectivity index (χ0) is 35.7. The van der Waals surface area contributed by atoms with Crippen LogP contribution in [0.15, 0.2) is 59.1 Å². The minimum absolute atomic E-state index is 0.136. The first-order valence-corrected chi connectivity index (χ1v) is 13.3. The highest BCUT2D eigenvalue weighted by Gasteiger charge is 2.73. The number of benzene rings is 3. The Morgan fingerprint density at radius 3 is 1.96 bits per heavy atom. The highest BCUT2D eigenvalue weighted by atomic mass is 79.9. The molecule has 3 rings (SSSR count). The summed E-state index contributed by atoms with van der Waals surface area (Å²) in [5.41, 5.74) is -9.28. The van der Waals surface area contributed by atoms with Gasteiger partial charge in [-0.2, -0.15) is 44.8 Å². The van der Waals surface area contributed by atoms with Gasteiger partial charge in [-0.05, 0) is 64.5 Å². The first-order valence-electron chi connectivity index (χ1n) is 12.5. The number of carbonyl (C=O) groups is 3. The number of nitrogens with zero attached hydrogens (tertiary/aromatic N) is 2. The van der Waals surface area contributed by atoms with Crippen LogP contribution in [0, 0.1) is 17.1 Å². The van der Waals surface area contributed by atoms with Crippen molar-refractivity contribution in [3.8, 4) is 6.07 Å². The second-order valence-electron chi connectivity index (χ2n) is 9.49. The fraction of sp³-hybridized carbons (Fsp3) is 0.214. The van der Waals surface area contributed by atoms with E-state index in [0.717, 1.165) is 12.1 Å². The van der Waals surface area contributed by atoms with Crippen LogP contribution in [-0.4, -0.2) is 36.6 Å². The van der Waals surface area contributed by atoms with E-state index in [1.165, 1.54) is 24.3 Å². The average molecular weight is 745 g/mol. The molecule has 0 saturated heterocycles. The second-order valence-corrected chi connectivity index (χ2v) is 10.3. The van der Waals surface area contributed by atoms with Gasteiger partial charge >= 0.3 is 24.2 Å². The van der Waals surface area contributed by atoms with Crippen LogP contribution >= 0.6 is 15.9 Å². The number of nitrogens with two attached hydrogens (primary N) is 1. The molecule has 0 heterocycles. The quantitative estimate of drug-likeness (QED) is 0.232.